The van der Waals surface area contributed by atoms with E-state index in [0.717, 1.165) is 17.8 Å². The molecule has 0 fully saturated rings. The molecular weight excluding hydrogens is 438 g/mol. The molecule has 0 radical (unpaired) electrons. The summed E-state index contributed by atoms with van der Waals surface area (Å²) in [6.45, 7) is 2.85. The number of aromatic nitrogens is 4. The fourth-order valence-corrected chi connectivity index (χ4v) is 2.85. The Morgan fingerprint density at radius 3 is 2.68 bits per heavy atom. The first kappa shape index (κ1) is 22.2. The summed E-state index contributed by atoms with van der Waals surface area (Å²) in [6, 6.07) is 4.74. The van der Waals surface area contributed by atoms with Gasteiger partial charge in [0.2, 0.25) is 0 Å². The summed E-state index contributed by atoms with van der Waals surface area (Å²) in [5.41, 5.74) is 1.03. The highest BCUT2D eigenvalue weighted by Gasteiger charge is 2.16. The monoisotopic (exact) mass is 454 g/mol. The molecule has 2 heterocycles. The van der Waals surface area contributed by atoms with Crippen LogP contribution in [0.15, 0.2) is 30.5 Å². The Morgan fingerprint density at radius 2 is 2.06 bits per heavy atom. The first-order valence-electron chi connectivity index (χ1n) is 8.88. The lowest BCUT2D eigenvalue weighted by atomic mass is 10.2. The number of nitrogens with one attached hydrogen (secondary N) is 1. The van der Waals surface area contributed by atoms with Crippen molar-refractivity contribution in [3.63, 3.8) is 0 Å². The molecule has 0 atom stereocenters. The van der Waals surface area contributed by atoms with Crippen LogP contribution in [0.3, 0.4) is 0 Å². The number of ether oxygens (including phenoxy) is 1. The fourth-order valence-electron chi connectivity index (χ4n) is 2.71. The number of non-ortho nitro benzene ring substituents is 1. The summed E-state index contributed by atoms with van der Waals surface area (Å²) in [5.74, 6) is -0.817. The molecule has 0 aliphatic carbocycles. The standard InChI is InChI=1S/C18H17ClF2N6O4/c1-10-17(19)11(2)26(23-10)9-25-4-3-15(24-25)18(28)22-12-5-13(27(29)30)7-14(6-12)31-8-16(20)21/h3-7,16H,8-9H2,1-2H3,(H,22,28). The number of benzene rings is 1. The third-order valence-corrected chi connectivity index (χ3v) is 4.73. The molecule has 0 saturated carbocycles. The van der Waals surface area contributed by atoms with E-state index in [4.69, 9.17) is 16.3 Å². The van der Waals surface area contributed by atoms with Crippen molar-refractivity contribution in [1.82, 2.24) is 19.6 Å². The molecule has 1 aromatic carbocycles. The van der Waals surface area contributed by atoms with Crippen molar-refractivity contribution in [2.45, 2.75) is 26.9 Å². The molecular formula is C18H17ClF2N6O4. The molecule has 0 saturated heterocycles. The predicted octanol–water partition coefficient (Wildman–Crippen LogP) is 3.66. The Morgan fingerprint density at radius 1 is 1.32 bits per heavy atom. The minimum absolute atomic E-state index is 0.00310. The van der Waals surface area contributed by atoms with Gasteiger partial charge in [-0.3, -0.25) is 19.6 Å². The zero-order valence-electron chi connectivity index (χ0n) is 16.4. The molecule has 13 heteroatoms. The zero-order chi connectivity index (χ0) is 22.7. The van der Waals surface area contributed by atoms with Gasteiger partial charge in [0.15, 0.2) is 5.69 Å². The van der Waals surface area contributed by atoms with E-state index in [1.54, 1.807) is 24.7 Å². The smallest absolute Gasteiger partial charge is 0.276 e. The van der Waals surface area contributed by atoms with Crippen LogP contribution in [0.4, 0.5) is 20.2 Å². The maximum atomic E-state index is 12.5. The van der Waals surface area contributed by atoms with Gasteiger partial charge in [0.25, 0.3) is 18.0 Å². The summed E-state index contributed by atoms with van der Waals surface area (Å²) in [5, 5.41) is 22.5. The van der Waals surface area contributed by atoms with Crippen molar-refractivity contribution in [2.75, 3.05) is 11.9 Å². The first-order chi connectivity index (χ1) is 14.6. The number of nitro benzene ring substituents is 1. The number of hydrogen-bond acceptors (Lipinski definition) is 6. The van der Waals surface area contributed by atoms with Crippen molar-refractivity contribution in [1.29, 1.82) is 0 Å². The van der Waals surface area contributed by atoms with Crippen LogP contribution in [-0.4, -0.2) is 43.4 Å². The number of halogens is 3. The highest BCUT2D eigenvalue weighted by molar-refractivity contribution is 6.31. The molecule has 0 aliphatic heterocycles. The van der Waals surface area contributed by atoms with E-state index < -0.39 is 29.6 Å². The molecule has 3 aromatic rings. The van der Waals surface area contributed by atoms with Gasteiger partial charge in [-0.15, -0.1) is 0 Å². The third kappa shape index (κ3) is 5.34. The Kier molecular flexibility index (Phi) is 6.49. The molecule has 10 nitrogen and oxygen atoms in total. The lowest BCUT2D eigenvalue weighted by Gasteiger charge is -2.09. The number of aryl methyl sites for hydroxylation is 1. The number of nitrogens with zero attached hydrogens (tertiary/aromatic N) is 5. The maximum Gasteiger partial charge on any atom is 0.276 e. The normalized spacial score (nSPS) is 11.0. The molecule has 164 valence electrons. The van der Waals surface area contributed by atoms with Gasteiger partial charge in [0, 0.05) is 18.3 Å². The van der Waals surface area contributed by atoms with Gasteiger partial charge in [-0.25, -0.2) is 13.5 Å². The van der Waals surface area contributed by atoms with E-state index in [1.165, 1.54) is 16.8 Å². The average Bonchev–Trinajstić information content (AvgIpc) is 3.27. The Bertz CT molecular complexity index is 1130. The Balaban J connectivity index is 1.75. The Hall–Kier alpha value is -3.54. The SMILES string of the molecule is Cc1nn(Cn2ccc(C(=O)Nc3cc(OCC(F)F)cc([N+](=O)[O-])c3)n2)c(C)c1Cl. The number of alkyl halides is 2. The largest absolute Gasteiger partial charge is 0.487 e. The first-order valence-corrected chi connectivity index (χ1v) is 9.26. The molecule has 0 unspecified atom stereocenters. The van der Waals surface area contributed by atoms with E-state index in [0.29, 0.717) is 10.7 Å². The van der Waals surface area contributed by atoms with Crippen molar-refractivity contribution in [2.24, 2.45) is 0 Å². The van der Waals surface area contributed by atoms with Gasteiger partial charge in [0.1, 0.15) is 19.0 Å². The van der Waals surface area contributed by atoms with Crippen LogP contribution in [0.5, 0.6) is 5.75 Å². The second-order valence-electron chi connectivity index (χ2n) is 6.50. The van der Waals surface area contributed by atoms with E-state index in [1.807, 2.05) is 0 Å². The van der Waals surface area contributed by atoms with Crippen LogP contribution in [0.1, 0.15) is 21.9 Å². The summed E-state index contributed by atoms with van der Waals surface area (Å²) >= 11 is 6.12. The fraction of sp³-hybridized carbons (Fsp3) is 0.278. The number of amides is 1. The highest BCUT2D eigenvalue weighted by Crippen LogP contribution is 2.27. The minimum Gasteiger partial charge on any atom is -0.487 e. The maximum absolute atomic E-state index is 12.5. The summed E-state index contributed by atoms with van der Waals surface area (Å²) in [7, 11) is 0. The molecule has 0 spiro atoms. The van der Waals surface area contributed by atoms with Crippen molar-refractivity contribution >= 4 is 28.9 Å². The van der Waals surface area contributed by atoms with Crippen LogP contribution in [-0.2, 0) is 6.67 Å². The lowest BCUT2D eigenvalue weighted by Crippen LogP contribution is -2.16. The average molecular weight is 455 g/mol. The Labute approximate surface area is 179 Å². The summed E-state index contributed by atoms with van der Waals surface area (Å²) in [4.78, 5) is 22.9. The topological polar surface area (TPSA) is 117 Å². The molecule has 2 aromatic heterocycles. The minimum atomic E-state index is -2.75. The van der Waals surface area contributed by atoms with Crippen molar-refractivity contribution in [3.05, 3.63) is 62.7 Å². The predicted molar refractivity (Wildman–Crippen MR) is 107 cm³/mol. The van der Waals surface area contributed by atoms with Crippen LogP contribution in [0.2, 0.25) is 5.02 Å². The van der Waals surface area contributed by atoms with Gasteiger partial charge in [-0.1, -0.05) is 11.6 Å². The molecule has 1 N–H and O–H groups in total. The number of hydrogen-bond donors (Lipinski definition) is 1. The van der Waals surface area contributed by atoms with Gasteiger partial charge in [0.05, 0.1) is 33.1 Å². The van der Waals surface area contributed by atoms with E-state index in [2.05, 4.69) is 15.5 Å². The van der Waals surface area contributed by atoms with E-state index in [9.17, 15) is 23.7 Å². The second kappa shape index (κ2) is 9.08. The molecule has 3 rings (SSSR count). The molecule has 1 amide bonds. The number of carbonyl (C=O) groups is 1. The quantitative estimate of drug-likeness (QED) is 0.410. The van der Waals surface area contributed by atoms with Crippen LogP contribution >= 0.6 is 11.6 Å². The lowest BCUT2D eigenvalue weighted by molar-refractivity contribution is -0.384. The zero-order valence-corrected chi connectivity index (χ0v) is 17.1. The highest BCUT2D eigenvalue weighted by atomic mass is 35.5. The number of nitro groups is 1. The third-order valence-electron chi connectivity index (χ3n) is 4.18. The van der Waals surface area contributed by atoms with Gasteiger partial charge < -0.3 is 10.1 Å². The van der Waals surface area contributed by atoms with Gasteiger partial charge >= 0.3 is 0 Å². The van der Waals surface area contributed by atoms with Crippen LogP contribution in [0.25, 0.3) is 0 Å². The van der Waals surface area contributed by atoms with Gasteiger partial charge in [-0.2, -0.15) is 10.2 Å². The number of anilines is 1. The van der Waals surface area contributed by atoms with Crippen LogP contribution in [0, 0.1) is 24.0 Å². The molecule has 31 heavy (non-hydrogen) atoms. The van der Waals surface area contributed by atoms with Gasteiger partial charge in [-0.05, 0) is 19.9 Å². The van der Waals surface area contributed by atoms with E-state index in [-0.39, 0.29) is 23.8 Å². The molecule has 0 bridgehead atoms. The summed E-state index contributed by atoms with van der Waals surface area (Å²) < 4.78 is 32.7. The van der Waals surface area contributed by atoms with Crippen molar-refractivity contribution < 1.29 is 23.2 Å². The second-order valence-corrected chi connectivity index (χ2v) is 6.87. The van der Waals surface area contributed by atoms with Crippen LogP contribution < -0.4 is 10.1 Å². The number of rotatable bonds is 8. The number of carbonyl (C=O) groups excluding carboxylic acids is 1. The van der Waals surface area contributed by atoms with Crippen molar-refractivity contribution in [3.8, 4) is 5.75 Å². The summed E-state index contributed by atoms with van der Waals surface area (Å²) in [6.07, 6.45) is -1.19. The molecule has 0 aliphatic rings. The van der Waals surface area contributed by atoms with E-state index >= 15 is 0 Å².